The molecule has 1 rings (SSSR count). The molecule has 0 radical (unpaired) electrons. The molecule has 2 atom stereocenters. The standard InChI is InChI=1S/C14H23N3O2/c1-10(11-5-7-12(19-2)8-6-11)17-14(18)13(16)4-3-9-15/h5-8,10,13H,3-4,9,15-16H2,1-2H3,(H,17,18)/t10-,13+/m0/s1. The first-order chi connectivity index (χ1) is 9.08. The summed E-state index contributed by atoms with van der Waals surface area (Å²) in [6.07, 6.45) is 1.36. The van der Waals surface area contributed by atoms with Gasteiger partial charge in [-0.2, -0.15) is 0 Å². The number of carbonyl (C=O) groups excluding carboxylic acids is 1. The second-order valence-electron chi connectivity index (χ2n) is 4.54. The molecule has 0 aliphatic heterocycles. The van der Waals surface area contributed by atoms with Gasteiger partial charge in [0, 0.05) is 0 Å². The number of nitrogens with two attached hydrogens (primary N) is 2. The molecule has 0 saturated carbocycles. The second kappa shape index (κ2) is 7.76. The fourth-order valence-corrected chi connectivity index (χ4v) is 1.77. The summed E-state index contributed by atoms with van der Waals surface area (Å²) in [6.45, 7) is 2.48. The van der Waals surface area contributed by atoms with Crippen molar-refractivity contribution in [2.45, 2.75) is 31.8 Å². The van der Waals surface area contributed by atoms with E-state index >= 15 is 0 Å². The Balaban J connectivity index is 2.53. The molecule has 0 heterocycles. The van der Waals surface area contributed by atoms with Gasteiger partial charge in [-0.25, -0.2) is 0 Å². The number of rotatable bonds is 7. The monoisotopic (exact) mass is 265 g/mol. The van der Waals surface area contributed by atoms with Gasteiger partial charge in [0.25, 0.3) is 0 Å². The zero-order valence-electron chi connectivity index (χ0n) is 11.6. The molecule has 1 amide bonds. The van der Waals surface area contributed by atoms with E-state index < -0.39 is 6.04 Å². The maximum atomic E-state index is 11.9. The Hall–Kier alpha value is -1.59. The van der Waals surface area contributed by atoms with Crippen LogP contribution in [0, 0.1) is 0 Å². The van der Waals surface area contributed by atoms with Gasteiger partial charge in [0.2, 0.25) is 5.91 Å². The predicted molar refractivity (Wildman–Crippen MR) is 75.8 cm³/mol. The lowest BCUT2D eigenvalue weighted by atomic mass is 10.1. The van der Waals surface area contributed by atoms with E-state index in [2.05, 4.69) is 5.32 Å². The average Bonchev–Trinajstić information content (AvgIpc) is 2.44. The maximum Gasteiger partial charge on any atom is 0.237 e. The van der Waals surface area contributed by atoms with Crippen LogP contribution in [0.15, 0.2) is 24.3 Å². The van der Waals surface area contributed by atoms with E-state index in [0.717, 1.165) is 17.7 Å². The molecule has 19 heavy (non-hydrogen) atoms. The third-order valence-electron chi connectivity index (χ3n) is 3.03. The van der Waals surface area contributed by atoms with E-state index in [1.807, 2.05) is 31.2 Å². The minimum Gasteiger partial charge on any atom is -0.497 e. The SMILES string of the molecule is COc1ccc([C@H](C)NC(=O)[C@H](N)CCCN)cc1. The third-order valence-corrected chi connectivity index (χ3v) is 3.03. The lowest BCUT2D eigenvalue weighted by Crippen LogP contribution is -2.41. The van der Waals surface area contributed by atoms with E-state index in [-0.39, 0.29) is 11.9 Å². The van der Waals surface area contributed by atoms with Crippen LogP contribution in [-0.2, 0) is 4.79 Å². The summed E-state index contributed by atoms with van der Waals surface area (Å²) in [7, 11) is 1.62. The van der Waals surface area contributed by atoms with Crippen LogP contribution < -0.4 is 21.5 Å². The van der Waals surface area contributed by atoms with Crippen LogP contribution in [0.25, 0.3) is 0 Å². The number of methoxy groups -OCH3 is 1. The molecule has 0 spiro atoms. The Morgan fingerprint density at radius 1 is 1.37 bits per heavy atom. The van der Waals surface area contributed by atoms with Gasteiger partial charge < -0.3 is 21.5 Å². The van der Waals surface area contributed by atoms with Gasteiger partial charge in [0.05, 0.1) is 19.2 Å². The minimum atomic E-state index is -0.496. The molecule has 5 heteroatoms. The van der Waals surface area contributed by atoms with Crippen LogP contribution in [0.3, 0.4) is 0 Å². The number of benzene rings is 1. The van der Waals surface area contributed by atoms with Crippen molar-refractivity contribution in [3.05, 3.63) is 29.8 Å². The predicted octanol–water partition coefficient (Wildman–Crippen LogP) is 0.939. The summed E-state index contributed by atoms with van der Waals surface area (Å²) < 4.78 is 5.09. The molecule has 1 aromatic rings. The van der Waals surface area contributed by atoms with Gasteiger partial charge in [-0.1, -0.05) is 12.1 Å². The summed E-state index contributed by atoms with van der Waals surface area (Å²) in [6, 6.07) is 7.01. The van der Waals surface area contributed by atoms with Crippen LogP contribution >= 0.6 is 0 Å². The van der Waals surface area contributed by atoms with Crippen LogP contribution in [0.5, 0.6) is 5.75 Å². The Morgan fingerprint density at radius 3 is 2.53 bits per heavy atom. The number of nitrogens with one attached hydrogen (secondary N) is 1. The Labute approximate surface area is 114 Å². The van der Waals surface area contributed by atoms with E-state index in [9.17, 15) is 4.79 Å². The lowest BCUT2D eigenvalue weighted by Gasteiger charge is -2.18. The molecule has 0 aliphatic rings. The second-order valence-corrected chi connectivity index (χ2v) is 4.54. The molecule has 0 bridgehead atoms. The van der Waals surface area contributed by atoms with E-state index in [0.29, 0.717) is 13.0 Å². The average molecular weight is 265 g/mol. The lowest BCUT2D eigenvalue weighted by molar-refractivity contribution is -0.123. The van der Waals surface area contributed by atoms with Crippen molar-refractivity contribution in [1.82, 2.24) is 5.32 Å². The number of hydrogen-bond donors (Lipinski definition) is 3. The van der Waals surface area contributed by atoms with Gasteiger partial charge in [0.15, 0.2) is 0 Å². The molecule has 0 fully saturated rings. The number of amides is 1. The van der Waals surface area contributed by atoms with Gasteiger partial charge in [0.1, 0.15) is 5.75 Å². The smallest absolute Gasteiger partial charge is 0.237 e. The molecule has 0 saturated heterocycles. The molecule has 0 aromatic heterocycles. The number of hydrogen-bond acceptors (Lipinski definition) is 4. The zero-order chi connectivity index (χ0) is 14.3. The first-order valence-electron chi connectivity index (χ1n) is 6.48. The van der Waals surface area contributed by atoms with Crippen LogP contribution in [-0.4, -0.2) is 25.6 Å². The van der Waals surface area contributed by atoms with E-state index in [4.69, 9.17) is 16.2 Å². The highest BCUT2D eigenvalue weighted by molar-refractivity contribution is 5.81. The Kier molecular flexibility index (Phi) is 6.32. The van der Waals surface area contributed by atoms with Crippen molar-refractivity contribution in [1.29, 1.82) is 0 Å². The molecule has 106 valence electrons. The topological polar surface area (TPSA) is 90.4 Å². The maximum absolute atomic E-state index is 11.9. The minimum absolute atomic E-state index is 0.0812. The number of ether oxygens (including phenoxy) is 1. The van der Waals surface area contributed by atoms with Gasteiger partial charge in [-0.05, 0) is 44.0 Å². The third kappa shape index (κ3) is 4.89. The first kappa shape index (κ1) is 15.5. The van der Waals surface area contributed by atoms with Crippen LogP contribution in [0.2, 0.25) is 0 Å². The molecular formula is C14H23N3O2. The normalized spacial score (nSPS) is 13.7. The van der Waals surface area contributed by atoms with Crippen LogP contribution in [0.1, 0.15) is 31.4 Å². The van der Waals surface area contributed by atoms with Gasteiger partial charge in [-0.3, -0.25) is 4.79 Å². The fourth-order valence-electron chi connectivity index (χ4n) is 1.77. The summed E-state index contributed by atoms with van der Waals surface area (Å²) in [5.74, 6) is 0.652. The number of carbonyl (C=O) groups is 1. The molecule has 5 nitrogen and oxygen atoms in total. The van der Waals surface area contributed by atoms with Crippen molar-refractivity contribution in [2.75, 3.05) is 13.7 Å². The van der Waals surface area contributed by atoms with E-state index in [1.54, 1.807) is 7.11 Å². The van der Waals surface area contributed by atoms with Crippen LogP contribution in [0.4, 0.5) is 0 Å². The van der Waals surface area contributed by atoms with Crippen molar-refractivity contribution in [3.8, 4) is 5.75 Å². The van der Waals surface area contributed by atoms with Crippen molar-refractivity contribution in [3.63, 3.8) is 0 Å². The molecule has 1 aromatic carbocycles. The van der Waals surface area contributed by atoms with Gasteiger partial charge in [-0.15, -0.1) is 0 Å². The van der Waals surface area contributed by atoms with Gasteiger partial charge >= 0.3 is 0 Å². The fraction of sp³-hybridized carbons (Fsp3) is 0.500. The first-order valence-corrected chi connectivity index (χ1v) is 6.48. The summed E-state index contributed by atoms with van der Waals surface area (Å²) in [4.78, 5) is 11.9. The van der Waals surface area contributed by atoms with Crippen molar-refractivity contribution >= 4 is 5.91 Å². The Morgan fingerprint density at radius 2 is 2.00 bits per heavy atom. The highest BCUT2D eigenvalue weighted by Crippen LogP contribution is 2.17. The quantitative estimate of drug-likeness (QED) is 0.684. The highest BCUT2D eigenvalue weighted by Gasteiger charge is 2.16. The highest BCUT2D eigenvalue weighted by atomic mass is 16.5. The molecule has 0 unspecified atom stereocenters. The summed E-state index contributed by atoms with van der Waals surface area (Å²) >= 11 is 0. The molecule has 0 aliphatic carbocycles. The van der Waals surface area contributed by atoms with E-state index in [1.165, 1.54) is 0 Å². The zero-order valence-corrected chi connectivity index (χ0v) is 11.6. The molecular weight excluding hydrogens is 242 g/mol. The van der Waals surface area contributed by atoms with Crippen molar-refractivity contribution in [2.24, 2.45) is 11.5 Å². The van der Waals surface area contributed by atoms with Crippen molar-refractivity contribution < 1.29 is 9.53 Å². The molecule has 5 N–H and O–H groups in total. The largest absolute Gasteiger partial charge is 0.497 e. The Bertz CT molecular complexity index is 392. The summed E-state index contributed by atoms with van der Waals surface area (Å²) in [5.41, 5.74) is 12.2. The summed E-state index contributed by atoms with van der Waals surface area (Å²) in [5, 5.41) is 2.90.